The van der Waals surface area contributed by atoms with Crippen LogP contribution in [0.1, 0.15) is 28.8 Å². The van der Waals surface area contributed by atoms with Crippen LogP contribution in [0.2, 0.25) is 25.7 Å². The number of ether oxygens (including phenoxy) is 1. The zero-order valence-corrected chi connectivity index (χ0v) is 18.3. The molecule has 1 fully saturated rings. The third kappa shape index (κ3) is 4.38. The summed E-state index contributed by atoms with van der Waals surface area (Å²) in [5.74, 6) is -0.0226. The molecule has 0 saturated carbocycles. The van der Waals surface area contributed by atoms with Crippen molar-refractivity contribution in [3.8, 4) is 0 Å². The number of likely N-dealkylation sites (tertiary alicyclic amines) is 1. The van der Waals surface area contributed by atoms with Gasteiger partial charge in [-0.05, 0) is 36.6 Å². The van der Waals surface area contributed by atoms with Crippen LogP contribution in [-0.2, 0) is 16.1 Å². The summed E-state index contributed by atoms with van der Waals surface area (Å²) in [5, 5.41) is 0. The minimum absolute atomic E-state index is 0.0180. The highest BCUT2D eigenvalue weighted by Crippen LogP contribution is 2.30. The fourth-order valence-corrected chi connectivity index (χ4v) is 4.56. The van der Waals surface area contributed by atoms with Crippen molar-refractivity contribution in [2.75, 3.05) is 19.9 Å². The Hall–Kier alpha value is -1.18. The molecule has 3 rings (SSSR count). The maximum atomic E-state index is 12.9. The highest BCUT2D eigenvalue weighted by molar-refractivity contribution is 9.10. The number of carbonyl (C=O) groups excluding carboxylic acids is 2. The maximum absolute atomic E-state index is 12.9. The largest absolute Gasteiger partial charge is 0.361 e. The summed E-state index contributed by atoms with van der Waals surface area (Å²) in [5.41, 5.74) is 1.70. The van der Waals surface area contributed by atoms with E-state index in [9.17, 15) is 9.59 Å². The van der Waals surface area contributed by atoms with Crippen LogP contribution in [0.4, 0.5) is 0 Å². The first-order chi connectivity index (χ1) is 12.3. The number of piperidine rings is 1. The minimum Gasteiger partial charge on any atom is -0.361 e. The first-order valence-corrected chi connectivity index (χ1v) is 13.7. The average molecular weight is 439 g/mol. The predicted molar refractivity (Wildman–Crippen MR) is 108 cm³/mol. The Bertz CT molecular complexity index is 705. The second-order valence-corrected chi connectivity index (χ2v) is 14.9. The Morgan fingerprint density at radius 2 is 2.04 bits per heavy atom. The standard InChI is InChI=1S/C19H27BrN2O3Si/c1-26(2,3)10-9-25-13-21-8-4-5-17(19(21)24)22-12-14-6-7-15(20)11-16(14)18(22)23/h6-7,11,17H,4-5,8-10,12-13H2,1-3H3. The van der Waals surface area contributed by atoms with Crippen molar-refractivity contribution < 1.29 is 14.3 Å². The van der Waals surface area contributed by atoms with Crippen LogP contribution >= 0.6 is 15.9 Å². The van der Waals surface area contributed by atoms with Gasteiger partial charge in [-0.1, -0.05) is 41.6 Å². The number of hydrogen-bond donors (Lipinski definition) is 0. The van der Waals surface area contributed by atoms with Crippen LogP contribution in [0.25, 0.3) is 0 Å². The summed E-state index contributed by atoms with van der Waals surface area (Å²) in [6, 6.07) is 6.47. The van der Waals surface area contributed by atoms with E-state index in [0.717, 1.165) is 28.9 Å². The average Bonchev–Trinajstić information content (AvgIpc) is 2.88. The molecular weight excluding hydrogens is 412 g/mol. The molecule has 26 heavy (non-hydrogen) atoms. The van der Waals surface area contributed by atoms with E-state index in [1.54, 1.807) is 9.80 Å². The molecule has 2 heterocycles. The molecule has 0 N–H and O–H groups in total. The van der Waals surface area contributed by atoms with Gasteiger partial charge in [-0.15, -0.1) is 0 Å². The van der Waals surface area contributed by atoms with Crippen molar-refractivity contribution in [2.24, 2.45) is 0 Å². The maximum Gasteiger partial charge on any atom is 0.255 e. The molecule has 0 aromatic heterocycles. The molecule has 0 aliphatic carbocycles. The summed E-state index contributed by atoms with van der Waals surface area (Å²) in [6.07, 6.45) is 1.63. The highest BCUT2D eigenvalue weighted by Gasteiger charge is 2.39. The fraction of sp³-hybridized carbons (Fsp3) is 0.579. The number of amides is 2. The van der Waals surface area contributed by atoms with E-state index in [1.165, 1.54) is 0 Å². The summed E-state index contributed by atoms with van der Waals surface area (Å²) < 4.78 is 6.65. The summed E-state index contributed by atoms with van der Waals surface area (Å²) >= 11 is 3.42. The second kappa shape index (κ2) is 7.82. The van der Waals surface area contributed by atoms with Crippen molar-refractivity contribution in [1.82, 2.24) is 9.80 Å². The molecule has 5 nitrogen and oxygen atoms in total. The Labute approximate surface area is 164 Å². The van der Waals surface area contributed by atoms with E-state index in [2.05, 4.69) is 35.6 Å². The second-order valence-electron chi connectivity index (χ2n) is 8.34. The first kappa shape index (κ1) is 19.6. The van der Waals surface area contributed by atoms with E-state index < -0.39 is 8.07 Å². The van der Waals surface area contributed by atoms with Gasteiger partial charge in [-0.25, -0.2) is 0 Å². The first-order valence-electron chi connectivity index (χ1n) is 9.22. The van der Waals surface area contributed by atoms with Gasteiger partial charge in [-0.2, -0.15) is 0 Å². The number of benzene rings is 1. The molecule has 142 valence electrons. The van der Waals surface area contributed by atoms with Gasteiger partial charge in [0.1, 0.15) is 12.8 Å². The van der Waals surface area contributed by atoms with Crippen LogP contribution < -0.4 is 0 Å². The summed E-state index contributed by atoms with van der Waals surface area (Å²) in [4.78, 5) is 29.2. The van der Waals surface area contributed by atoms with Crippen molar-refractivity contribution in [3.63, 3.8) is 0 Å². The Kier molecular flexibility index (Phi) is 5.89. The lowest BCUT2D eigenvalue weighted by Gasteiger charge is -2.36. The van der Waals surface area contributed by atoms with E-state index in [4.69, 9.17) is 4.74 Å². The number of hydrogen-bond acceptors (Lipinski definition) is 3. The summed E-state index contributed by atoms with van der Waals surface area (Å²) in [6.45, 7) is 9.20. The lowest BCUT2D eigenvalue weighted by Crippen LogP contribution is -2.53. The molecule has 1 unspecified atom stereocenters. The Balaban J connectivity index is 1.61. The van der Waals surface area contributed by atoms with Gasteiger partial charge >= 0.3 is 0 Å². The van der Waals surface area contributed by atoms with Gasteiger partial charge < -0.3 is 14.5 Å². The lowest BCUT2D eigenvalue weighted by atomic mass is 10.0. The molecule has 0 bridgehead atoms. The molecule has 1 atom stereocenters. The molecule has 1 aromatic rings. The van der Waals surface area contributed by atoms with E-state index in [-0.39, 0.29) is 17.9 Å². The molecule has 0 spiro atoms. The lowest BCUT2D eigenvalue weighted by molar-refractivity contribution is -0.145. The number of rotatable bonds is 6. The number of halogens is 1. The zero-order chi connectivity index (χ0) is 18.9. The SMILES string of the molecule is C[Si](C)(C)CCOCN1CCCC(N2Cc3ccc(Br)cc3C2=O)C1=O. The highest BCUT2D eigenvalue weighted by atomic mass is 79.9. The van der Waals surface area contributed by atoms with Crippen molar-refractivity contribution >= 4 is 35.8 Å². The topological polar surface area (TPSA) is 49.9 Å². The van der Waals surface area contributed by atoms with Crippen LogP contribution in [0, 0.1) is 0 Å². The number of fused-ring (bicyclic) bond motifs is 1. The smallest absolute Gasteiger partial charge is 0.255 e. The van der Waals surface area contributed by atoms with E-state index in [1.807, 2.05) is 18.2 Å². The molecule has 2 amide bonds. The molecule has 2 aliphatic rings. The number of carbonyl (C=O) groups is 2. The van der Waals surface area contributed by atoms with Gasteiger partial charge in [0.25, 0.3) is 5.91 Å². The normalized spacial score (nSPS) is 20.7. The Morgan fingerprint density at radius 1 is 1.27 bits per heavy atom. The van der Waals surface area contributed by atoms with E-state index in [0.29, 0.717) is 32.0 Å². The van der Waals surface area contributed by atoms with Crippen molar-refractivity contribution in [3.05, 3.63) is 33.8 Å². The molecule has 2 aliphatic heterocycles. The third-order valence-electron chi connectivity index (χ3n) is 5.03. The van der Waals surface area contributed by atoms with Crippen molar-refractivity contribution in [2.45, 2.75) is 51.1 Å². The minimum atomic E-state index is -1.13. The van der Waals surface area contributed by atoms with Crippen LogP contribution in [0.15, 0.2) is 22.7 Å². The number of nitrogens with zero attached hydrogens (tertiary/aromatic N) is 2. The van der Waals surface area contributed by atoms with Crippen molar-refractivity contribution in [1.29, 1.82) is 0 Å². The monoisotopic (exact) mass is 438 g/mol. The van der Waals surface area contributed by atoms with Gasteiger partial charge in [0, 0.05) is 37.8 Å². The van der Waals surface area contributed by atoms with Gasteiger partial charge in [0.2, 0.25) is 5.91 Å². The molecule has 7 heteroatoms. The van der Waals surface area contributed by atoms with E-state index >= 15 is 0 Å². The van der Waals surface area contributed by atoms with Gasteiger partial charge in [-0.3, -0.25) is 9.59 Å². The van der Waals surface area contributed by atoms with Gasteiger partial charge in [0.05, 0.1) is 0 Å². The third-order valence-corrected chi connectivity index (χ3v) is 7.22. The molecule has 1 saturated heterocycles. The zero-order valence-electron chi connectivity index (χ0n) is 15.8. The quantitative estimate of drug-likeness (QED) is 0.502. The molecular formula is C19H27BrN2O3Si. The van der Waals surface area contributed by atoms with Crippen LogP contribution in [0.3, 0.4) is 0 Å². The predicted octanol–water partition coefficient (Wildman–Crippen LogP) is 3.71. The van der Waals surface area contributed by atoms with Crippen LogP contribution in [0.5, 0.6) is 0 Å². The Morgan fingerprint density at radius 3 is 2.77 bits per heavy atom. The van der Waals surface area contributed by atoms with Gasteiger partial charge in [0.15, 0.2) is 0 Å². The molecule has 1 aromatic carbocycles. The fourth-order valence-electron chi connectivity index (χ4n) is 3.44. The van der Waals surface area contributed by atoms with Crippen LogP contribution in [-0.4, -0.2) is 55.6 Å². The summed E-state index contributed by atoms with van der Waals surface area (Å²) in [7, 11) is -1.13. The molecule has 0 radical (unpaired) electrons.